The van der Waals surface area contributed by atoms with Crippen LogP contribution < -0.4 is 15.8 Å². The number of fused-ring (bicyclic) bond motifs is 1. The Morgan fingerprint density at radius 1 is 1.20 bits per heavy atom. The second kappa shape index (κ2) is 10.3. The Kier molecular flexibility index (Phi) is 7.04. The van der Waals surface area contributed by atoms with Gasteiger partial charge in [-0.1, -0.05) is 18.2 Å². The van der Waals surface area contributed by atoms with Crippen LogP contribution in [0, 0.1) is 5.82 Å². The molecule has 1 aliphatic heterocycles. The Morgan fingerprint density at radius 3 is 2.65 bits per heavy atom. The summed E-state index contributed by atoms with van der Waals surface area (Å²) in [5.41, 5.74) is 4.56. The van der Waals surface area contributed by atoms with Gasteiger partial charge >= 0.3 is 6.18 Å². The Morgan fingerprint density at radius 2 is 1.95 bits per heavy atom. The van der Waals surface area contributed by atoms with Crippen molar-refractivity contribution in [3.8, 4) is 17.1 Å². The van der Waals surface area contributed by atoms with Crippen molar-refractivity contribution in [2.24, 2.45) is 0 Å². The van der Waals surface area contributed by atoms with Gasteiger partial charge in [-0.15, -0.1) is 0 Å². The quantitative estimate of drug-likeness (QED) is 0.342. The number of anilines is 1. The second-order valence-corrected chi connectivity index (χ2v) is 9.37. The van der Waals surface area contributed by atoms with Gasteiger partial charge in [0.15, 0.2) is 5.82 Å². The largest absolute Gasteiger partial charge is 0.480 e. The minimum Gasteiger partial charge on any atom is -0.480 e. The molecule has 1 fully saturated rings. The predicted molar refractivity (Wildman–Crippen MR) is 135 cm³/mol. The van der Waals surface area contributed by atoms with Crippen LogP contribution in [0.4, 0.5) is 27.8 Å². The van der Waals surface area contributed by atoms with Crippen LogP contribution in [0.15, 0.2) is 48.9 Å². The highest BCUT2D eigenvalue weighted by Crippen LogP contribution is 2.39. The summed E-state index contributed by atoms with van der Waals surface area (Å²) in [6.07, 6.45) is -3.98. The Hall–Kier alpha value is -4.33. The number of carbonyl (C=O) groups is 1. The molecule has 0 aliphatic carbocycles. The van der Waals surface area contributed by atoms with E-state index in [2.05, 4.69) is 20.4 Å². The van der Waals surface area contributed by atoms with Gasteiger partial charge in [-0.3, -0.25) is 9.69 Å². The number of nitrogens with zero attached hydrogens (tertiary/aromatic N) is 5. The molecule has 1 unspecified atom stereocenters. The number of nitrogen functional groups attached to an aromatic ring is 1. The van der Waals surface area contributed by atoms with E-state index in [1.54, 1.807) is 30.0 Å². The number of benzene rings is 1. The van der Waals surface area contributed by atoms with Gasteiger partial charge in [0.25, 0.3) is 5.91 Å². The molecule has 210 valence electrons. The van der Waals surface area contributed by atoms with Crippen molar-refractivity contribution in [2.45, 2.75) is 31.4 Å². The number of alkyl halides is 4. The van der Waals surface area contributed by atoms with Gasteiger partial charge in [-0.2, -0.15) is 18.3 Å². The lowest BCUT2D eigenvalue weighted by Crippen LogP contribution is -2.41. The average Bonchev–Trinajstić information content (AvgIpc) is 3.50. The van der Waals surface area contributed by atoms with Crippen molar-refractivity contribution < 1.29 is 31.5 Å². The van der Waals surface area contributed by atoms with E-state index in [4.69, 9.17) is 10.5 Å². The fourth-order valence-corrected chi connectivity index (χ4v) is 4.91. The fraction of sp³-hybridized carbons (Fsp3) is 0.308. The third-order valence-corrected chi connectivity index (χ3v) is 6.97. The zero-order chi connectivity index (χ0) is 28.8. The zero-order valence-corrected chi connectivity index (χ0v) is 21.3. The molecule has 1 aliphatic rings. The van der Waals surface area contributed by atoms with Crippen LogP contribution >= 0.6 is 0 Å². The predicted octanol–water partition coefficient (Wildman–Crippen LogP) is 4.05. The number of nitrogens with two attached hydrogens (primary N) is 1. The number of rotatable bonds is 6. The zero-order valence-electron chi connectivity index (χ0n) is 21.3. The summed E-state index contributed by atoms with van der Waals surface area (Å²) in [5, 5.41) is 6.53. The fourth-order valence-electron chi connectivity index (χ4n) is 4.91. The molecule has 40 heavy (non-hydrogen) atoms. The van der Waals surface area contributed by atoms with E-state index in [9.17, 15) is 22.4 Å². The van der Waals surface area contributed by atoms with Gasteiger partial charge in [-0.25, -0.2) is 23.3 Å². The standard InChI is InChI=1S/C26H24F5N7O2/c1-13(15-5-3-4-6-18(15)27)37-10-19(28)20(11-37)36-24(39)16-7-14(9-33-25(16)40-2)21-8-17(26(29,30)31)22-23(32)34-12-35-38(21)22/h3-9,12-13,19-20H,10-11H2,1-2H3,(H,36,39)(H2,32,34,35)/t13?,19-,20+/m0/s1. The molecule has 3 N–H and O–H groups in total. The number of halogens is 5. The molecule has 0 saturated carbocycles. The van der Waals surface area contributed by atoms with Gasteiger partial charge < -0.3 is 15.8 Å². The lowest BCUT2D eigenvalue weighted by atomic mass is 10.1. The summed E-state index contributed by atoms with van der Waals surface area (Å²) >= 11 is 0. The summed E-state index contributed by atoms with van der Waals surface area (Å²) in [6, 6.07) is 6.94. The molecule has 4 heterocycles. The van der Waals surface area contributed by atoms with Crippen molar-refractivity contribution in [2.75, 3.05) is 25.9 Å². The molecule has 1 amide bonds. The van der Waals surface area contributed by atoms with E-state index in [1.165, 1.54) is 25.4 Å². The first-order chi connectivity index (χ1) is 19.0. The maximum absolute atomic E-state index is 15.0. The molecule has 9 nitrogen and oxygen atoms in total. The first kappa shape index (κ1) is 27.2. The molecule has 0 radical (unpaired) electrons. The molecular weight excluding hydrogens is 537 g/mol. The lowest BCUT2D eigenvalue weighted by Gasteiger charge is -2.24. The summed E-state index contributed by atoms with van der Waals surface area (Å²) in [4.78, 5) is 22.7. The highest BCUT2D eigenvalue weighted by molar-refractivity contribution is 5.98. The number of carbonyl (C=O) groups excluding carboxylic acids is 1. The molecule has 1 saturated heterocycles. The normalized spacial score (nSPS) is 18.7. The topological polar surface area (TPSA) is 111 Å². The molecule has 0 bridgehead atoms. The number of likely N-dealkylation sites (tertiary alicyclic amines) is 1. The number of ether oxygens (including phenoxy) is 1. The van der Waals surface area contributed by atoms with Crippen LogP contribution in [0.1, 0.15) is 34.5 Å². The van der Waals surface area contributed by atoms with Crippen LogP contribution in [0.25, 0.3) is 16.8 Å². The van der Waals surface area contributed by atoms with E-state index in [1.807, 2.05) is 0 Å². The van der Waals surface area contributed by atoms with Crippen LogP contribution in [0.3, 0.4) is 0 Å². The third-order valence-electron chi connectivity index (χ3n) is 6.97. The van der Waals surface area contributed by atoms with Crippen LogP contribution in [-0.2, 0) is 6.18 Å². The number of nitrogens with one attached hydrogen (secondary N) is 1. The van der Waals surface area contributed by atoms with Crippen molar-refractivity contribution in [1.29, 1.82) is 0 Å². The summed E-state index contributed by atoms with van der Waals surface area (Å²) < 4.78 is 76.7. The van der Waals surface area contributed by atoms with Crippen molar-refractivity contribution in [3.63, 3.8) is 0 Å². The SMILES string of the molecule is COc1ncc(-c2cc(C(F)(F)F)c3c(N)ncnn23)cc1C(=O)N[C@@H]1CN(C(C)c2ccccc2F)C[C@@H]1F. The smallest absolute Gasteiger partial charge is 0.418 e. The molecule has 1 aromatic carbocycles. The first-order valence-electron chi connectivity index (χ1n) is 12.2. The summed E-state index contributed by atoms with van der Waals surface area (Å²) in [7, 11) is 1.27. The average molecular weight is 562 g/mol. The highest BCUT2D eigenvalue weighted by Gasteiger charge is 2.38. The minimum atomic E-state index is -4.76. The minimum absolute atomic E-state index is 0.0344. The van der Waals surface area contributed by atoms with E-state index >= 15 is 4.39 Å². The molecule has 3 aromatic heterocycles. The maximum atomic E-state index is 15.0. The van der Waals surface area contributed by atoms with Gasteiger partial charge in [0.1, 0.15) is 29.4 Å². The van der Waals surface area contributed by atoms with Gasteiger partial charge in [0, 0.05) is 36.5 Å². The number of hydrogen-bond donors (Lipinski definition) is 2. The van der Waals surface area contributed by atoms with Crippen LogP contribution in [-0.4, -0.2) is 62.8 Å². The number of hydrogen-bond acceptors (Lipinski definition) is 7. The third kappa shape index (κ3) is 4.90. The number of methoxy groups -OCH3 is 1. The summed E-state index contributed by atoms with van der Waals surface area (Å²) in [6.45, 7) is 1.82. The van der Waals surface area contributed by atoms with Gasteiger partial charge in [0.2, 0.25) is 5.88 Å². The van der Waals surface area contributed by atoms with Crippen molar-refractivity contribution in [3.05, 3.63) is 71.4 Å². The van der Waals surface area contributed by atoms with Gasteiger partial charge in [-0.05, 0) is 25.1 Å². The molecule has 14 heteroatoms. The Bertz CT molecular complexity index is 1580. The number of amides is 1. The van der Waals surface area contributed by atoms with Crippen molar-refractivity contribution >= 4 is 17.2 Å². The van der Waals surface area contributed by atoms with Crippen LogP contribution in [0.2, 0.25) is 0 Å². The molecule has 0 spiro atoms. The molecule has 3 atom stereocenters. The lowest BCUT2D eigenvalue weighted by molar-refractivity contribution is -0.136. The highest BCUT2D eigenvalue weighted by atomic mass is 19.4. The van der Waals surface area contributed by atoms with Crippen LogP contribution in [0.5, 0.6) is 5.88 Å². The molecule has 4 aromatic rings. The maximum Gasteiger partial charge on any atom is 0.418 e. The summed E-state index contributed by atoms with van der Waals surface area (Å²) in [5.74, 6) is -1.65. The molecule has 5 rings (SSSR count). The number of aromatic nitrogens is 4. The van der Waals surface area contributed by atoms with E-state index in [0.29, 0.717) is 5.56 Å². The first-order valence-corrected chi connectivity index (χ1v) is 12.2. The molecular formula is C26H24F5N7O2. The van der Waals surface area contributed by atoms with E-state index in [0.717, 1.165) is 16.9 Å². The van der Waals surface area contributed by atoms with Crippen molar-refractivity contribution in [1.82, 2.24) is 29.8 Å². The Balaban J connectivity index is 1.44. The number of pyridine rings is 1. The second-order valence-electron chi connectivity index (χ2n) is 9.37. The van der Waals surface area contributed by atoms with E-state index < -0.39 is 47.2 Å². The van der Waals surface area contributed by atoms with E-state index in [-0.39, 0.29) is 41.6 Å². The monoisotopic (exact) mass is 561 g/mol. The Labute approximate surface area is 224 Å². The van der Waals surface area contributed by atoms with Gasteiger partial charge in [0.05, 0.1) is 24.4 Å².